The van der Waals surface area contributed by atoms with Crippen LogP contribution in [0, 0.1) is 5.41 Å². The number of amidine groups is 1. The Hall–Kier alpha value is -2.04. The molecule has 1 aromatic carbocycles. The van der Waals surface area contributed by atoms with Gasteiger partial charge in [0.2, 0.25) is 0 Å². The smallest absolute Gasteiger partial charge is 0.251 e. The van der Waals surface area contributed by atoms with Gasteiger partial charge in [0.05, 0.1) is 12.6 Å². The Morgan fingerprint density at radius 2 is 2.05 bits per heavy atom. The van der Waals surface area contributed by atoms with Crippen molar-refractivity contribution >= 4 is 11.7 Å². The molecule has 22 heavy (non-hydrogen) atoms. The van der Waals surface area contributed by atoms with Crippen LogP contribution in [0.4, 0.5) is 0 Å². The summed E-state index contributed by atoms with van der Waals surface area (Å²) in [5, 5.41) is 9.97. The zero-order chi connectivity index (χ0) is 16.4. The van der Waals surface area contributed by atoms with Crippen LogP contribution in [-0.4, -0.2) is 24.4 Å². The summed E-state index contributed by atoms with van der Waals surface area (Å²) >= 11 is 0. The lowest BCUT2D eigenvalue weighted by Crippen LogP contribution is -2.41. The molecule has 0 aliphatic rings. The van der Waals surface area contributed by atoms with Crippen molar-refractivity contribution in [1.29, 1.82) is 5.41 Å². The van der Waals surface area contributed by atoms with E-state index in [0.717, 1.165) is 6.42 Å². The van der Waals surface area contributed by atoms with Crippen LogP contribution in [0.3, 0.4) is 0 Å². The van der Waals surface area contributed by atoms with Gasteiger partial charge in [-0.2, -0.15) is 0 Å². The highest BCUT2D eigenvalue weighted by atomic mass is 16.5. The fourth-order valence-electron chi connectivity index (χ4n) is 1.98. The molecule has 0 aliphatic carbocycles. The monoisotopic (exact) mass is 305 g/mol. The maximum absolute atomic E-state index is 12.0. The van der Waals surface area contributed by atoms with Crippen molar-refractivity contribution in [2.75, 3.05) is 6.61 Å². The van der Waals surface area contributed by atoms with Crippen molar-refractivity contribution in [3.05, 3.63) is 29.8 Å². The number of rotatable bonds is 10. The molecule has 4 N–H and O–H groups in total. The standard InChI is InChI=1S/C17H27N3O2/c1-3-4-5-6-7-11-22-15-10-8-9-14(12-15)17(21)20-13(2)16(18)19/h8-10,12-13H,3-7,11H2,1-2H3,(H3,18,19)(H,20,21)/t13-/m0/s1. The van der Waals surface area contributed by atoms with Crippen LogP contribution in [0.1, 0.15) is 56.3 Å². The summed E-state index contributed by atoms with van der Waals surface area (Å²) in [6, 6.07) is 6.59. The first-order valence-electron chi connectivity index (χ1n) is 7.92. The Morgan fingerprint density at radius 3 is 2.73 bits per heavy atom. The highest BCUT2D eigenvalue weighted by Crippen LogP contribution is 2.14. The quantitative estimate of drug-likeness (QED) is 0.352. The maximum Gasteiger partial charge on any atom is 0.251 e. The molecule has 0 heterocycles. The van der Waals surface area contributed by atoms with Crippen LogP contribution >= 0.6 is 0 Å². The zero-order valence-corrected chi connectivity index (χ0v) is 13.5. The number of carbonyl (C=O) groups excluding carboxylic acids is 1. The number of benzene rings is 1. The summed E-state index contributed by atoms with van der Waals surface area (Å²) in [5.41, 5.74) is 5.86. The predicted octanol–water partition coefficient (Wildman–Crippen LogP) is 3.09. The second kappa shape index (κ2) is 9.82. The highest BCUT2D eigenvalue weighted by Gasteiger charge is 2.12. The number of nitrogens with one attached hydrogen (secondary N) is 2. The summed E-state index contributed by atoms with van der Waals surface area (Å²) in [4.78, 5) is 12.0. The van der Waals surface area contributed by atoms with E-state index in [1.54, 1.807) is 25.1 Å². The first kappa shape index (κ1) is 18.0. The molecule has 0 radical (unpaired) electrons. The highest BCUT2D eigenvalue weighted by molar-refractivity contribution is 5.97. The van der Waals surface area contributed by atoms with Gasteiger partial charge >= 0.3 is 0 Å². The number of nitrogens with two attached hydrogens (primary N) is 1. The van der Waals surface area contributed by atoms with E-state index in [0.29, 0.717) is 17.9 Å². The van der Waals surface area contributed by atoms with Gasteiger partial charge in [-0.3, -0.25) is 10.2 Å². The topological polar surface area (TPSA) is 88.2 Å². The summed E-state index contributed by atoms with van der Waals surface area (Å²) in [6.07, 6.45) is 5.94. The third-order valence-corrected chi connectivity index (χ3v) is 3.43. The molecular formula is C17H27N3O2. The van der Waals surface area contributed by atoms with E-state index in [1.807, 2.05) is 6.07 Å². The molecule has 0 fully saturated rings. The molecule has 1 aromatic rings. The second-order valence-corrected chi connectivity index (χ2v) is 5.44. The minimum absolute atomic E-state index is 0.0622. The fraction of sp³-hybridized carbons (Fsp3) is 0.529. The van der Waals surface area contributed by atoms with Crippen molar-refractivity contribution in [1.82, 2.24) is 5.32 Å². The molecule has 0 aliphatic heterocycles. The molecule has 0 saturated carbocycles. The normalized spacial score (nSPS) is 11.7. The predicted molar refractivity (Wildman–Crippen MR) is 89.5 cm³/mol. The van der Waals surface area contributed by atoms with Gasteiger partial charge in [0.1, 0.15) is 11.6 Å². The van der Waals surface area contributed by atoms with Crippen molar-refractivity contribution in [2.45, 2.75) is 52.0 Å². The molecule has 5 nitrogen and oxygen atoms in total. The molecule has 0 unspecified atom stereocenters. The van der Waals surface area contributed by atoms with Crippen LogP contribution in [0.15, 0.2) is 24.3 Å². The van der Waals surface area contributed by atoms with E-state index in [-0.39, 0.29) is 11.7 Å². The van der Waals surface area contributed by atoms with Crippen molar-refractivity contribution in [3.63, 3.8) is 0 Å². The van der Waals surface area contributed by atoms with E-state index >= 15 is 0 Å². The zero-order valence-electron chi connectivity index (χ0n) is 13.5. The number of amides is 1. The summed E-state index contributed by atoms with van der Waals surface area (Å²) in [7, 11) is 0. The van der Waals surface area contributed by atoms with Gasteiger partial charge < -0.3 is 15.8 Å². The molecule has 0 aromatic heterocycles. The molecular weight excluding hydrogens is 278 g/mol. The average molecular weight is 305 g/mol. The molecule has 1 amide bonds. The number of unbranched alkanes of at least 4 members (excludes halogenated alkanes) is 4. The fourth-order valence-corrected chi connectivity index (χ4v) is 1.98. The third kappa shape index (κ3) is 6.61. The van der Waals surface area contributed by atoms with Crippen LogP contribution < -0.4 is 15.8 Å². The second-order valence-electron chi connectivity index (χ2n) is 5.44. The van der Waals surface area contributed by atoms with E-state index in [9.17, 15) is 4.79 Å². The van der Waals surface area contributed by atoms with E-state index in [1.165, 1.54) is 25.7 Å². The van der Waals surface area contributed by atoms with Gasteiger partial charge in [0.15, 0.2) is 0 Å². The Balaban J connectivity index is 2.44. The SMILES string of the molecule is CCCCCCCOc1cccc(C(=O)N[C@@H](C)C(=N)N)c1. The van der Waals surface area contributed by atoms with Gasteiger partial charge in [-0.15, -0.1) is 0 Å². The van der Waals surface area contributed by atoms with Gasteiger partial charge in [-0.25, -0.2) is 0 Å². The number of hydrogen-bond donors (Lipinski definition) is 3. The minimum Gasteiger partial charge on any atom is -0.494 e. The van der Waals surface area contributed by atoms with E-state index in [4.69, 9.17) is 15.9 Å². The first-order valence-corrected chi connectivity index (χ1v) is 7.92. The van der Waals surface area contributed by atoms with Gasteiger partial charge in [-0.05, 0) is 31.5 Å². The molecule has 1 rings (SSSR count). The van der Waals surface area contributed by atoms with Crippen LogP contribution in [0.5, 0.6) is 5.75 Å². The molecule has 0 bridgehead atoms. The summed E-state index contributed by atoms with van der Waals surface area (Å²) in [5.74, 6) is 0.377. The molecule has 5 heteroatoms. The maximum atomic E-state index is 12.0. The number of hydrogen-bond acceptors (Lipinski definition) is 3. The van der Waals surface area contributed by atoms with E-state index in [2.05, 4.69) is 12.2 Å². The Bertz CT molecular complexity index is 489. The van der Waals surface area contributed by atoms with Crippen molar-refractivity contribution in [2.24, 2.45) is 5.73 Å². The first-order chi connectivity index (χ1) is 10.5. The molecule has 122 valence electrons. The van der Waals surface area contributed by atoms with Crippen LogP contribution in [-0.2, 0) is 0 Å². The van der Waals surface area contributed by atoms with Gasteiger partial charge in [0, 0.05) is 5.56 Å². The number of ether oxygens (including phenoxy) is 1. The minimum atomic E-state index is -0.476. The van der Waals surface area contributed by atoms with Crippen LogP contribution in [0.2, 0.25) is 0 Å². The van der Waals surface area contributed by atoms with E-state index < -0.39 is 6.04 Å². The Morgan fingerprint density at radius 1 is 1.32 bits per heavy atom. The Kier molecular flexibility index (Phi) is 8.04. The summed E-state index contributed by atoms with van der Waals surface area (Å²) < 4.78 is 5.68. The number of carbonyl (C=O) groups is 1. The summed E-state index contributed by atoms with van der Waals surface area (Å²) in [6.45, 7) is 4.54. The van der Waals surface area contributed by atoms with Gasteiger partial charge in [0.25, 0.3) is 5.91 Å². The van der Waals surface area contributed by atoms with Crippen LogP contribution in [0.25, 0.3) is 0 Å². The lowest BCUT2D eigenvalue weighted by molar-refractivity contribution is 0.0948. The lowest BCUT2D eigenvalue weighted by Gasteiger charge is -2.13. The lowest BCUT2D eigenvalue weighted by atomic mass is 10.1. The largest absolute Gasteiger partial charge is 0.494 e. The van der Waals surface area contributed by atoms with Crippen molar-refractivity contribution in [3.8, 4) is 5.75 Å². The average Bonchev–Trinajstić information content (AvgIpc) is 2.50. The molecule has 0 spiro atoms. The van der Waals surface area contributed by atoms with Crippen molar-refractivity contribution < 1.29 is 9.53 Å². The molecule has 0 saturated heterocycles. The molecule has 1 atom stereocenters. The third-order valence-electron chi connectivity index (χ3n) is 3.43. The Labute approximate surface area is 132 Å². The van der Waals surface area contributed by atoms with Gasteiger partial charge in [-0.1, -0.05) is 38.7 Å².